The summed E-state index contributed by atoms with van der Waals surface area (Å²) < 4.78 is 1.94. The molecule has 0 fully saturated rings. The lowest BCUT2D eigenvalue weighted by atomic mass is 10.2. The molecule has 0 saturated heterocycles. The van der Waals surface area contributed by atoms with Crippen molar-refractivity contribution in [3.63, 3.8) is 0 Å². The molecule has 5 heteroatoms. The number of carbonyl (C=O) groups is 1. The van der Waals surface area contributed by atoms with Gasteiger partial charge in [-0.1, -0.05) is 0 Å². The largest absolute Gasteiger partial charge is 0.379 e. The first-order valence-electron chi connectivity index (χ1n) is 6.70. The zero-order valence-corrected chi connectivity index (χ0v) is 12.1. The van der Waals surface area contributed by atoms with Crippen molar-refractivity contribution in [1.29, 1.82) is 0 Å². The molecule has 0 aliphatic carbocycles. The number of nitrogens with one attached hydrogen (secondary N) is 2. The van der Waals surface area contributed by atoms with Gasteiger partial charge in [0, 0.05) is 30.5 Å². The van der Waals surface area contributed by atoms with Crippen LogP contribution in [-0.2, 0) is 11.3 Å². The van der Waals surface area contributed by atoms with Crippen LogP contribution in [-0.4, -0.2) is 15.7 Å². The number of anilines is 2. The van der Waals surface area contributed by atoms with E-state index in [9.17, 15) is 4.79 Å². The van der Waals surface area contributed by atoms with Gasteiger partial charge in [-0.25, -0.2) is 0 Å². The zero-order chi connectivity index (χ0) is 14.5. The molecule has 20 heavy (non-hydrogen) atoms. The van der Waals surface area contributed by atoms with E-state index in [1.807, 2.05) is 41.2 Å². The van der Waals surface area contributed by atoms with Gasteiger partial charge in [0.25, 0.3) is 0 Å². The van der Waals surface area contributed by atoms with Crippen molar-refractivity contribution < 1.29 is 4.79 Å². The molecule has 1 aromatic carbocycles. The Labute approximate surface area is 119 Å². The summed E-state index contributed by atoms with van der Waals surface area (Å²) in [4.78, 5) is 10.9. The van der Waals surface area contributed by atoms with Crippen LogP contribution in [0.25, 0.3) is 0 Å². The summed E-state index contributed by atoms with van der Waals surface area (Å²) >= 11 is 0. The summed E-state index contributed by atoms with van der Waals surface area (Å²) in [7, 11) is 0. The van der Waals surface area contributed by atoms with E-state index < -0.39 is 0 Å². The van der Waals surface area contributed by atoms with E-state index in [1.54, 1.807) is 0 Å². The summed E-state index contributed by atoms with van der Waals surface area (Å²) in [6.45, 7) is 6.38. The van der Waals surface area contributed by atoms with Crippen LogP contribution in [0, 0.1) is 0 Å². The molecule has 0 atom stereocenters. The molecule has 106 valence electrons. The van der Waals surface area contributed by atoms with Crippen molar-refractivity contribution >= 4 is 17.3 Å². The molecule has 0 saturated carbocycles. The highest BCUT2D eigenvalue weighted by atomic mass is 16.1. The smallest absolute Gasteiger partial charge is 0.221 e. The van der Waals surface area contributed by atoms with Crippen LogP contribution in [0.2, 0.25) is 0 Å². The molecule has 0 unspecified atom stereocenters. The first-order chi connectivity index (χ1) is 9.54. The predicted octanol–water partition coefficient (Wildman–Crippen LogP) is 3.03. The number of amides is 1. The van der Waals surface area contributed by atoms with Crippen LogP contribution in [0.4, 0.5) is 11.4 Å². The van der Waals surface area contributed by atoms with Crippen LogP contribution < -0.4 is 10.6 Å². The lowest BCUT2D eigenvalue weighted by Gasteiger charge is -2.07. The SMILES string of the molecule is CC(=O)Nc1ccc(NCc2ccn(C(C)C)n2)cc1. The minimum Gasteiger partial charge on any atom is -0.379 e. The van der Waals surface area contributed by atoms with Gasteiger partial charge in [-0.15, -0.1) is 0 Å². The molecule has 2 aromatic rings. The Morgan fingerprint density at radius 1 is 1.20 bits per heavy atom. The van der Waals surface area contributed by atoms with Crippen LogP contribution in [0.1, 0.15) is 32.5 Å². The maximum Gasteiger partial charge on any atom is 0.221 e. The minimum atomic E-state index is -0.0649. The van der Waals surface area contributed by atoms with E-state index in [4.69, 9.17) is 0 Å². The van der Waals surface area contributed by atoms with E-state index in [0.717, 1.165) is 17.1 Å². The fourth-order valence-corrected chi connectivity index (χ4v) is 1.83. The maximum atomic E-state index is 10.9. The standard InChI is InChI=1S/C15H20N4O/c1-11(2)19-9-8-15(18-19)10-16-13-4-6-14(7-5-13)17-12(3)20/h4-9,11,16H,10H2,1-3H3,(H,17,20). The second kappa shape index (κ2) is 6.23. The fourth-order valence-electron chi connectivity index (χ4n) is 1.83. The van der Waals surface area contributed by atoms with Gasteiger partial charge in [0.1, 0.15) is 0 Å². The van der Waals surface area contributed by atoms with Crippen molar-refractivity contribution in [1.82, 2.24) is 9.78 Å². The average Bonchev–Trinajstić information content (AvgIpc) is 2.86. The summed E-state index contributed by atoms with van der Waals surface area (Å²) in [6.07, 6.45) is 1.99. The molecule has 1 aromatic heterocycles. The number of hydrogen-bond donors (Lipinski definition) is 2. The summed E-state index contributed by atoms with van der Waals surface area (Å²) in [5, 5.41) is 10.5. The summed E-state index contributed by atoms with van der Waals surface area (Å²) in [5.74, 6) is -0.0649. The number of aromatic nitrogens is 2. The first kappa shape index (κ1) is 14.1. The van der Waals surface area contributed by atoms with Crippen LogP contribution >= 0.6 is 0 Å². The molecule has 2 N–H and O–H groups in total. The lowest BCUT2D eigenvalue weighted by Crippen LogP contribution is -2.06. The summed E-state index contributed by atoms with van der Waals surface area (Å²) in [5.41, 5.74) is 2.80. The third kappa shape index (κ3) is 3.85. The Bertz CT molecular complexity index is 572. The number of rotatable bonds is 5. The normalized spacial score (nSPS) is 10.6. The lowest BCUT2D eigenvalue weighted by molar-refractivity contribution is -0.114. The van der Waals surface area contributed by atoms with Crippen molar-refractivity contribution in [2.45, 2.75) is 33.4 Å². The molecular formula is C15H20N4O. The molecule has 0 bridgehead atoms. The van der Waals surface area contributed by atoms with E-state index in [2.05, 4.69) is 29.6 Å². The Hall–Kier alpha value is -2.30. The molecule has 0 spiro atoms. The second-order valence-corrected chi connectivity index (χ2v) is 4.99. The van der Waals surface area contributed by atoms with Gasteiger partial charge in [-0.3, -0.25) is 9.48 Å². The molecule has 5 nitrogen and oxygen atoms in total. The van der Waals surface area contributed by atoms with Crippen LogP contribution in [0.5, 0.6) is 0 Å². The van der Waals surface area contributed by atoms with Crippen LogP contribution in [0.15, 0.2) is 36.5 Å². The second-order valence-electron chi connectivity index (χ2n) is 4.99. The molecule has 0 aliphatic rings. The van der Waals surface area contributed by atoms with Gasteiger partial charge in [0.15, 0.2) is 0 Å². The van der Waals surface area contributed by atoms with E-state index in [1.165, 1.54) is 6.92 Å². The highest BCUT2D eigenvalue weighted by Gasteiger charge is 2.02. The zero-order valence-electron chi connectivity index (χ0n) is 12.1. The molecule has 1 amide bonds. The molecule has 2 rings (SSSR count). The van der Waals surface area contributed by atoms with Gasteiger partial charge < -0.3 is 10.6 Å². The van der Waals surface area contributed by atoms with Crippen molar-refractivity contribution in [3.05, 3.63) is 42.2 Å². The maximum absolute atomic E-state index is 10.9. The fraction of sp³-hybridized carbons (Fsp3) is 0.333. The van der Waals surface area contributed by atoms with E-state index in [0.29, 0.717) is 12.6 Å². The predicted molar refractivity (Wildman–Crippen MR) is 80.7 cm³/mol. The molecule has 1 heterocycles. The van der Waals surface area contributed by atoms with Gasteiger partial charge >= 0.3 is 0 Å². The van der Waals surface area contributed by atoms with Crippen LogP contribution in [0.3, 0.4) is 0 Å². The Morgan fingerprint density at radius 2 is 1.85 bits per heavy atom. The Morgan fingerprint density at radius 3 is 2.40 bits per heavy atom. The quantitative estimate of drug-likeness (QED) is 0.879. The van der Waals surface area contributed by atoms with Gasteiger partial charge in [0.05, 0.1) is 12.2 Å². The van der Waals surface area contributed by atoms with Crippen molar-refractivity contribution in [2.75, 3.05) is 10.6 Å². The summed E-state index contributed by atoms with van der Waals surface area (Å²) in [6, 6.07) is 10.0. The molecule has 0 aliphatic heterocycles. The van der Waals surface area contributed by atoms with E-state index >= 15 is 0 Å². The number of nitrogens with zero attached hydrogens (tertiary/aromatic N) is 2. The number of benzene rings is 1. The Balaban J connectivity index is 1.91. The van der Waals surface area contributed by atoms with E-state index in [-0.39, 0.29) is 5.91 Å². The van der Waals surface area contributed by atoms with Gasteiger partial charge in [0.2, 0.25) is 5.91 Å². The monoisotopic (exact) mass is 272 g/mol. The van der Waals surface area contributed by atoms with Crippen molar-refractivity contribution in [3.8, 4) is 0 Å². The third-order valence-corrected chi connectivity index (χ3v) is 2.87. The Kier molecular flexibility index (Phi) is 4.40. The first-order valence-corrected chi connectivity index (χ1v) is 6.70. The average molecular weight is 272 g/mol. The highest BCUT2D eigenvalue weighted by molar-refractivity contribution is 5.88. The minimum absolute atomic E-state index is 0.0649. The number of carbonyl (C=O) groups excluding carboxylic acids is 1. The third-order valence-electron chi connectivity index (χ3n) is 2.87. The molecular weight excluding hydrogens is 252 g/mol. The van der Waals surface area contributed by atoms with Gasteiger partial charge in [-0.05, 0) is 44.2 Å². The molecule has 0 radical (unpaired) electrons. The van der Waals surface area contributed by atoms with Gasteiger partial charge in [-0.2, -0.15) is 5.10 Å². The van der Waals surface area contributed by atoms with Crippen molar-refractivity contribution in [2.24, 2.45) is 0 Å². The topological polar surface area (TPSA) is 59.0 Å². The number of hydrogen-bond acceptors (Lipinski definition) is 3. The highest BCUT2D eigenvalue weighted by Crippen LogP contribution is 2.14.